The molecule has 0 spiro atoms. The maximum Gasteiger partial charge on any atom is 2.00 e. The van der Waals surface area contributed by atoms with Crippen LogP contribution in [0.1, 0.15) is 59.8 Å². The van der Waals surface area contributed by atoms with Crippen molar-refractivity contribution in [2.24, 2.45) is 5.41 Å². The van der Waals surface area contributed by atoms with Gasteiger partial charge in [-0.15, -0.1) is 6.42 Å². The Labute approximate surface area is 144 Å². The average molecular weight is 467 g/mol. The van der Waals surface area contributed by atoms with Crippen molar-refractivity contribution in [3.8, 4) is 0 Å². The Balaban J connectivity index is -0.000000300. The second-order valence-electron chi connectivity index (χ2n) is 5.93. The normalized spacial score (nSPS) is 9.81. The zero-order valence-corrected chi connectivity index (χ0v) is 16.7. The SMILES string of the molecule is [CH2-]CC(=O)CNC(C)=O.[CH2-]CCCC(=O)CC(C)(C)C.[W+2]. The molecule has 0 unspecified atom stereocenters. The Morgan fingerprint density at radius 1 is 1.05 bits per heavy atom. The molecule has 0 aromatic carbocycles. The predicted octanol–water partition coefficient (Wildman–Crippen LogP) is 2.91. The summed E-state index contributed by atoms with van der Waals surface area (Å²) in [6.07, 6.45) is 3.46. The molecule has 0 bridgehead atoms. The first kappa shape index (κ1) is 25.5. The number of hydrogen-bond acceptors (Lipinski definition) is 3. The second-order valence-corrected chi connectivity index (χ2v) is 5.93. The first-order chi connectivity index (χ1) is 9.12. The van der Waals surface area contributed by atoms with E-state index in [1.807, 2.05) is 0 Å². The van der Waals surface area contributed by atoms with Gasteiger partial charge in [0.05, 0.1) is 6.54 Å². The molecule has 0 radical (unpaired) electrons. The molecular formula is C16H29NO3W. The summed E-state index contributed by atoms with van der Waals surface area (Å²) >= 11 is 0. The van der Waals surface area contributed by atoms with Gasteiger partial charge in [-0.25, -0.2) is 0 Å². The smallest absolute Gasteiger partial charge is 0.349 e. The van der Waals surface area contributed by atoms with Gasteiger partial charge in [0.25, 0.3) is 0 Å². The van der Waals surface area contributed by atoms with Crippen molar-refractivity contribution in [2.45, 2.75) is 59.8 Å². The summed E-state index contributed by atoms with van der Waals surface area (Å²) in [5.74, 6) is 0.142. The van der Waals surface area contributed by atoms with E-state index in [4.69, 9.17) is 0 Å². The van der Waals surface area contributed by atoms with Crippen LogP contribution in [0.2, 0.25) is 0 Å². The molecule has 0 saturated carbocycles. The number of carbonyl (C=O) groups excluding carboxylic acids is 3. The van der Waals surface area contributed by atoms with Gasteiger partial charge in [0, 0.05) is 19.8 Å². The van der Waals surface area contributed by atoms with Gasteiger partial charge in [0.2, 0.25) is 5.91 Å². The minimum atomic E-state index is -0.184. The van der Waals surface area contributed by atoms with Gasteiger partial charge in [0.1, 0.15) is 11.6 Å². The molecule has 4 nitrogen and oxygen atoms in total. The van der Waals surface area contributed by atoms with Gasteiger partial charge in [0.15, 0.2) is 0 Å². The molecule has 0 aromatic heterocycles. The number of rotatable bonds is 7. The van der Waals surface area contributed by atoms with E-state index < -0.39 is 0 Å². The van der Waals surface area contributed by atoms with Crippen LogP contribution >= 0.6 is 0 Å². The summed E-state index contributed by atoms with van der Waals surface area (Å²) in [4.78, 5) is 31.8. The van der Waals surface area contributed by atoms with Crippen molar-refractivity contribution in [3.05, 3.63) is 13.8 Å². The summed E-state index contributed by atoms with van der Waals surface area (Å²) in [5, 5.41) is 2.37. The minimum absolute atomic E-state index is 0. The summed E-state index contributed by atoms with van der Waals surface area (Å²) in [7, 11) is 0. The molecule has 0 aliphatic carbocycles. The third-order valence-corrected chi connectivity index (χ3v) is 2.25. The van der Waals surface area contributed by atoms with Crippen molar-refractivity contribution in [1.82, 2.24) is 5.32 Å². The Morgan fingerprint density at radius 3 is 1.90 bits per heavy atom. The number of hydrogen-bond donors (Lipinski definition) is 1. The van der Waals surface area contributed by atoms with Gasteiger partial charge in [-0.05, 0) is 5.41 Å². The molecule has 0 aromatic rings. The molecule has 0 heterocycles. The number of amides is 1. The van der Waals surface area contributed by atoms with Crippen molar-refractivity contribution in [2.75, 3.05) is 6.54 Å². The number of carbonyl (C=O) groups is 3. The van der Waals surface area contributed by atoms with E-state index in [0.29, 0.717) is 18.6 Å². The van der Waals surface area contributed by atoms with Crippen molar-refractivity contribution >= 4 is 17.5 Å². The van der Waals surface area contributed by atoms with E-state index in [1.165, 1.54) is 6.92 Å². The fourth-order valence-corrected chi connectivity index (χ4v) is 1.31. The molecule has 5 heteroatoms. The molecular weight excluding hydrogens is 438 g/mol. The Hall–Kier alpha value is -0.502. The van der Waals surface area contributed by atoms with Gasteiger partial charge in [-0.2, -0.15) is 6.42 Å². The predicted molar refractivity (Wildman–Crippen MR) is 82.0 cm³/mol. The molecule has 1 N–H and O–H groups in total. The Kier molecular flexibility index (Phi) is 17.5. The Morgan fingerprint density at radius 2 is 1.57 bits per heavy atom. The summed E-state index contributed by atoms with van der Waals surface area (Å²) in [5.41, 5.74) is 0.151. The maximum absolute atomic E-state index is 11.2. The molecule has 0 saturated heterocycles. The molecule has 0 atom stereocenters. The number of ketones is 2. The monoisotopic (exact) mass is 467 g/mol. The third-order valence-electron chi connectivity index (χ3n) is 2.25. The molecule has 0 rings (SSSR count). The van der Waals surface area contributed by atoms with Crippen LogP contribution in [0.4, 0.5) is 0 Å². The summed E-state index contributed by atoms with van der Waals surface area (Å²) in [6, 6.07) is 0. The van der Waals surface area contributed by atoms with Crippen LogP contribution in [-0.2, 0) is 35.4 Å². The van der Waals surface area contributed by atoms with Crippen molar-refractivity contribution in [1.29, 1.82) is 0 Å². The van der Waals surface area contributed by atoms with E-state index in [-0.39, 0.29) is 51.1 Å². The van der Waals surface area contributed by atoms with Crippen LogP contribution in [-0.4, -0.2) is 24.0 Å². The van der Waals surface area contributed by atoms with Gasteiger partial charge in [-0.1, -0.05) is 27.2 Å². The van der Waals surface area contributed by atoms with E-state index in [9.17, 15) is 14.4 Å². The number of nitrogens with one attached hydrogen (secondary N) is 1. The largest absolute Gasteiger partial charge is 2.00 e. The maximum atomic E-state index is 11.2. The van der Waals surface area contributed by atoms with E-state index in [0.717, 1.165) is 12.8 Å². The summed E-state index contributed by atoms with van der Waals surface area (Å²) in [6.45, 7) is 14.8. The standard InChI is InChI=1S/C10H19O.C6H10NO2.W/c1-5-6-7-9(11)8-10(2,3)4;1-3-6(9)4-7-5(2)8;/h1,5-8H2,2-4H3;1,3-4H2,2H3,(H,7,8);/q2*-1;+2. The van der Waals surface area contributed by atoms with Crippen molar-refractivity contribution < 1.29 is 35.4 Å². The third kappa shape index (κ3) is 24.9. The summed E-state index contributed by atoms with van der Waals surface area (Å²) < 4.78 is 0. The van der Waals surface area contributed by atoms with Crippen LogP contribution in [0.5, 0.6) is 0 Å². The topological polar surface area (TPSA) is 63.2 Å². The minimum Gasteiger partial charge on any atom is -0.349 e. The van der Waals surface area contributed by atoms with Crippen LogP contribution in [0.25, 0.3) is 0 Å². The zero-order valence-electron chi connectivity index (χ0n) is 13.8. The molecule has 0 fully saturated rings. The number of Topliss-reactive ketones (excluding diaryl/α,β-unsaturated/α-hetero) is 2. The van der Waals surface area contributed by atoms with Gasteiger partial charge in [-0.3, -0.25) is 9.59 Å². The van der Waals surface area contributed by atoms with Crippen LogP contribution in [0, 0.1) is 19.3 Å². The van der Waals surface area contributed by atoms with E-state index >= 15 is 0 Å². The second kappa shape index (κ2) is 14.4. The fourth-order valence-electron chi connectivity index (χ4n) is 1.31. The Bertz CT molecular complexity index is 309. The van der Waals surface area contributed by atoms with Gasteiger partial charge >= 0.3 is 21.1 Å². The average Bonchev–Trinajstić information content (AvgIpc) is 2.32. The van der Waals surface area contributed by atoms with E-state index in [2.05, 4.69) is 39.9 Å². The molecule has 0 aliphatic rings. The molecule has 21 heavy (non-hydrogen) atoms. The zero-order chi connectivity index (χ0) is 16.2. The number of unbranched alkanes of at least 4 members (excludes halogenated alkanes) is 1. The molecule has 1 amide bonds. The van der Waals surface area contributed by atoms with Crippen molar-refractivity contribution in [3.63, 3.8) is 0 Å². The fraction of sp³-hybridized carbons (Fsp3) is 0.688. The first-order valence-corrected chi connectivity index (χ1v) is 6.98. The first-order valence-electron chi connectivity index (χ1n) is 6.98. The quantitative estimate of drug-likeness (QED) is 0.586. The van der Waals surface area contributed by atoms with E-state index in [1.54, 1.807) is 0 Å². The van der Waals surface area contributed by atoms with Crippen LogP contribution in [0.3, 0.4) is 0 Å². The van der Waals surface area contributed by atoms with Gasteiger partial charge < -0.3 is 24.0 Å². The molecule has 0 aliphatic heterocycles. The molecule has 122 valence electrons. The van der Waals surface area contributed by atoms with Crippen LogP contribution < -0.4 is 5.32 Å². The van der Waals surface area contributed by atoms with Crippen LogP contribution in [0.15, 0.2) is 0 Å².